The Hall–Kier alpha value is -0.580. The fourth-order valence-electron chi connectivity index (χ4n) is 2.87. The molecule has 1 N–H and O–H groups in total. The van der Waals surface area contributed by atoms with E-state index in [1.54, 1.807) is 6.07 Å². The van der Waals surface area contributed by atoms with Gasteiger partial charge in [-0.15, -0.1) is 0 Å². The lowest BCUT2D eigenvalue weighted by Gasteiger charge is -2.23. The van der Waals surface area contributed by atoms with Crippen LogP contribution in [0.25, 0.3) is 0 Å². The Kier molecular flexibility index (Phi) is 5.47. The highest BCUT2D eigenvalue weighted by Crippen LogP contribution is 2.26. The Morgan fingerprint density at radius 2 is 1.90 bits per heavy atom. The van der Waals surface area contributed by atoms with Gasteiger partial charge in [-0.25, -0.2) is 13.1 Å². The molecular formula is C15H22ClNO2S. The second kappa shape index (κ2) is 6.92. The first-order valence-corrected chi connectivity index (χ1v) is 9.25. The van der Waals surface area contributed by atoms with E-state index in [4.69, 9.17) is 11.6 Å². The van der Waals surface area contributed by atoms with Crippen LogP contribution in [0, 0.1) is 5.92 Å². The maximum atomic E-state index is 12.2. The van der Waals surface area contributed by atoms with E-state index in [1.165, 1.54) is 6.42 Å². The van der Waals surface area contributed by atoms with E-state index in [-0.39, 0.29) is 11.8 Å². The quantitative estimate of drug-likeness (QED) is 0.895. The van der Waals surface area contributed by atoms with Crippen molar-refractivity contribution in [2.45, 2.75) is 45.1 Å². The smallest absolute Gasteiger partial charge is 0.212 e. The van der Waals surface area contributed by atoms with Gasteiger partial charge in [0.25, 0.3) is 0 Å². The van der Waals surface area contributed by atoms with E-state index in [2.05, 4.69) is 4.72 Å². The van der Waals surface area contributed by atoms with Crippen molar-refractivity contribution in [3.8, 4) is 0 Å². The Morgan fingerprint density at radius 3 is 2.55 bits per heavy atom. The number of sulfonamides is 1. The van der Waals surface area contributed by atoms with E-state index >= 15 is 0 Å². The minimum atomic E-state index is -3.25. The Morgan fingerprint density at radius 1 is 1.25 bits per heavy atom. The maximum Gasteiger partial charge on any atom is 0.212 e. The SMILES string of the molecule is C[C@@H](NS(=O)(=O)CC1CCCCC1)c1ccccc1Cl. The van der Waals surface area contributed by atoms with E-state index in [1.807, 2.05) is 25.1 Å². The second-order valence-electron chi connectivity index (χ2n) is 5.65. The molecule has 1 aliphatic carbocycles. The van der Waals surface area contributed by atoms with Crippen LogP contribution in [0.5, 0.6) is 0 Å². The van der Waals surface area contributed by atoms with E-state index in [0.29, 0.717) is 10.9 Å². The van der Waals surface area contributed by atoms with Gasteiger partial charge in [-0.05, 0) is 37.3 Å². The molecule has 112 valence electrons. The second-order valence-corrected chi connectivity index (χ2v) is 7.85. The highest BCUT2D eigenvalue weighted by molar-refractivity contribution is 7.89. The average molecular weight is 316 g/mol. The van der Waals surface area contributed by atoms with Gasteiger partial charge in [0.1, 0.15) is 0 Å². The summed E-state index contributed by atoms with van der Waals surface area (Å²) in [6, 6.07) is 7.05. The minimum absolute atomic E-state index is 0.238. The van der Waals surface area contributed by atoms with Crippen LogP contribution in [-0.4, -0.2) is 14.2 Å². The van der Waals surface area contributed by atoms with Gasteiger partial charge in [-0.2, -0.15) is 0 Å². The lowest BCUT2D eigenvalue weighted by molar-refractivity contribution is 0.383. The van der Waals surface area contributed by atoms with Crippen molar-refractivity contribution in [2.24, 2.45) is 5.92 Å². The summed E-state index contributed by atoms with van der Waals surface area (Å²) in [6.45, 7) is 1.83. The Labute approximate surface area is 126 Å². The molecule has 2 rings (SSSR count). The molecule has 0 radical (unpaired) electrons. The molecule has 0 aliphatic heterocycles. The molecule has 1 fully saturated rings. The molecule has 1 aromatic carbocycles. The topological polar surface area (TPSA) is 46.2 Å². The fourth-order valence-corrected chi connectivity index (χ4v) is 4.89. The summed E-state index contributed by atoms with van der Waals surface area (Å²) in [5.41, 5.74) is 0.821. The molecule has 0 heterocycles. The molecule has 0 spiro atoms. The third kappa shape index (κ3) is 4.47. The zero-order chi connectivity index (χ0) is 14.6. The maximum absolute atomic E-state index is 12.2. The van der Waals surface area contributed by atoms with Gasteiger partial charge in [0.15, 0.2) is 0 Å². The molecule has 3 nitrogen and oxygen atoms in total. The number of rotatable bonds is 5. The molecule has 20 heavy (non-hydrogen) atoms. The number of halogens is 1. The molecule has 1 saturated carbocycles. The number of benzene rings is 1. The predicted octanol–water partition coefficient (Wildman–Crippen LogP) is 3.90. The summed E-state index contributed by atoms with van der Waals surface area (Å²) >= 11 is 6.11. The van der Waals surface area contributed by atoms with Crippen molar-refractivity contribution in [3.63, 3.8) is 0 Å². The molecule has 5 heteroatoms. The number of nitrogens with one attached hydrogen (secondary N) is 1. The van der Waals surface area contributed by atoms with Gasteiger partial charge >= 0.3 is 0 Å². The summed E-state index contributed by atoms with van der Waals surface area (Å²) < 4.78 is 27.2. The highest BCUT2D eigenvalue weighted by atomic mass is 35.5. The lowest BCUT2D eigenvalue weighted by Crippen LogP contribution is -2.32. The van der Waals surface area contributed by atoms with E-state index in [9.17, 15) is 8.42 Å². The van der Waals surface area contributed by atoms with Crippen LogP contribution < -0.4 is 4.72 Å². The molecule has 0 amide bonds. The zero-order valence-electron chi connectivity index (χ0n) is 11.8. The molecule has 0 aromatic heterocycles. The summed E-state index contributed by atoms with van der Waals surface area (Å²) in [7, 11) is -3.25. The molecule has 0 bridgehead atoms. The zero-order valence-corrected chi connectivity index (χ0v) is 13.4. The monoisotopic (exact) mass is 315 g/mol. The van der Waals surface area contributed by atoms with E-state index < -0.39 is 10.0 Å². The van der Waals surface area contributed by atoms with Crippen molar-refractivity contribution in [1.82, 2.24) is 4.72 Å². The van der Waals surface area contributed by atoms with Gasteiger partial charge in [0, 0.05) is 11.1 Å². The lowest BCUT2D eigenvalue weighted by atomic mass is 9.91. The van der Waals surface area contributed by atoms with E-state index in [0.717, 1.165) is 31.2 Å². The Bertz CT molecular complexity index is 539. The van der Waals surface area contributed by atoms with Crippen LogP contribution in [0.15, 0.2) is 24.3 Å². The summed E-state index contributed by atoms with van der Waals surface area (Å²) in [6.07, 6.45) is 5.60. The van der Waals surface area contributed by atoms with Crippen LogP contribution in [0.1, 0.15) is 50.6 Å². The van der Waals surface area contributed by atoms with Gasteiger partial charge in [-0.3, -0.25) is 0 Å². The molecule has 0 unspecified atom stereocenters. The van der Waals surface area contributed by atoms with Crippen molar-refractivity contribution in [3.05, 3.63) is 34.9 Å². The summed E-state index contributed by atoms with van der Waals surface area (Å²) in [5, 5.41) is 0.598. The normalized spacial score (nSPS) is 18.9. The van der Waals surface area contributed by atoms with Crippen LogP contribution in [0.3, 0.4) is 0 Å². The molecule has 0 saturated heterocycles. The highest BCUT2D eigenvalue weighted by Gasteiger charge is 2.23. The average Bonchev–Trinajstić information content (AvgIpc) is 2.39. The third-order valence-electron chi connectivity index (χ3n) is 3.91. The number of hydrogen-bond donors (Lipinski definition) is 1. The first kappa shape index (κ1) is 15.8. The molecule has 1 aromatic rings. The van der Waals surface area contributed by atoms with Crippen LogP contribution in [0.2, 0.25) is 5.02 Å². The fraction of sp³-hybridized carbons (Fsp3) is 0.600. The Balaban J connectivity index is 1.98. The standard InChI is InChI=1S/C15H22ClNO2S/c1-12(14-9-5-6-10-15(14)16)17-20(18,19)11-13-7-3-2-4-8-13/h5-6,9-10,12-13,17H,2-4,7-8,11H2,1H3/t12-/m1/s1. The van der Waals surface area contributed by atoms with Crippen molar-refractivity contribution < 1.29 is 8.42 Å². The molecular weight excluding hydrogens is 294 g/mol. The largest absolute Gasteiger partial charge is 0.212 e. The van der Waals surface area contributed by atoms with Crippen LogP contribution >= 0.6 is 11.6 Å². The van der Waals surface area contributed by atoms with Gasteiger partial charge < -0.3 is 0 Å². The van der Waals surface area contributed by atoms with Gasteiger partial charge in [0.05, 0.1) is 5.75 Å². The van der Waals surface area contributed by atoms with Gasteiger partial charge in [-0.1, -0.05) is 49.1 Å². The predicted molar refractivity (Wildman–Crippen MR) is 83.4 cm³/mol. The minimum Gasteiger partial charge on any atom is -0.212 e. The molecule has 1 atom stereocenters. The van der Waals surface area contributed by atoms with Crippen LogP contribution in [-0.2, 0) is 10.0 Å². The first-order chi connectivity index (χ1) is 9.48. The number of hydrogen-bond acceptors (Lipinski definition) is 2. The van der Waals surface area contributed by atoms with Crippen LogP contribution in [0.4, 0.5) is 0 Å². The van der Waals surface area contributed by atoms with Crippen molar-refractivity contribution in [2.75, 3.05) is 5.75 Å². The third-order valence-corrected chi connectivity index (χ3v) is 5.88. The first-order valence-electron chi connectivity index (χ1n) is 7.22. The van der Waals surface area contributed by atoms with Gasteiger partial charge in [0.2, 0.25) is 10.0 Å². The van der Waals surface area contributed by atoms with Crippen molar-refractivity contribution >= 4 is 21.6 Å². The summed E-state index contributed by atoms with van der Waals surface area (Å²) in [5.74, 6) is 0.543. The summed E-state index contributed by atoms with van der Waals surface area (Å²) in [4.78, 5) is 0. The van der Waals surface area contributed by atoms with Crippen molar-refractivity contribution in [1.29, 1.82) is 0 Å². The molecule has 1 aliphatic rings.